The molecule has 1 aromatic heterocycles. The number of hydrogen-bond donors (Lipinski definition) is 2. The number of rotatable bonds is 4. The molecule has 0 saturated carbocycles. The quantitative estimate of drug-likeness (QED) is 0.503. The number of aromatic nitrogens is 2. The van der Waals surface area contributed by atoms with Crippen molar-refractivity contribution in [3.8, 4) is 11.5 Å². The van der Waals surface area contributed by atoms with Crippen LogP contribution in [-0.4, -0.2) is 40.9 Å². The fourth-order valence-corrected chi connectivity index (χ4v) is 3.71. The lowest BCUT2D eigenvalue weighted by Crippen LogP contribution is -2.35. The molecular weight excluding hydrogens is 392 g/mol. The summed E-state index contributed by atoms with van der Waals surface area (Å²) in [6.07, 6.45) is 0. The molecule has 8 nitrogen and oxygen atoms in total. The van der Waals surface area contributed by atoms with E-state index in [-0.39, 0.29) is 5.75 Å². The predicted molar refractivity (Wildman–Crippen MR) is 110 cm³/mol. The number of carbonyl (C=O) groups is 2. The Labute approximate surface area is 171 Å². The summed E-state index contributed by atoms with van der Waals surface area (Å²) in [5, 5.41) is 6.51. The van der Waals surface area contributed by atoms with Crippen LogP contribution in [0.2, 0.25) is 0 Å². The summed E-state index contributed by atoms with van der Waals surface area (Å²) < 4.78 is 10.9. The molecule has 0 bridgehead atoms. The summed E-state index contributed by atoms with van der Waals surface area (Å²) in [4.78, 5) is 33.1. The largest absolute Gasteiger partial charge is 0.486 e. The van der Waals surface area contributed by atoms with Crippen LogP contribution in [0.3, 0.4) is 0 Å². The number of nitrogens with zero attached hydrogens (tertiary/aromatic N) is 2. The number of nitrogens with one attached hydrogen (secondary N) is 2. The molecule has 1 aliphatic rings. The lowest BCUT2D eigenvalue weighted by atomic mass is 10.2. The van der Waals surface area contributed by atoms with Crippen LogP contribution in [0.5, 0.6) is 11.5 Å². The maximum atomic E-state index is 12.2. The fraction of sp³-hybridized carbons (Fsp3) is 0.200. The number of ether oxygens (including phenoxy) is 2. The molecule has 3 amide bonds. The zero-order valence-electron chi connectivity index (χ0n) is 15.6. The van der Waals surface area contributed by atoms with Crippen molar-refractivity contribution in [3.63, 3.8) is 0 Å². The lowest BCUT2D eigenvalue weighted by molar-refractivity contribution is -0.117. The number of aryl methyl sites for hydroxylation is 1. The molecular formula is C20H18N4O4S. The van der Waals surface area contributed by atoms with E-state index in [1.807, 2.05) is 24.3 Å². The fourth-order valence-electron chi connectivity index (χ4n) is 2.85. The van der Waals surface area contributed by atoms with Gasteiger partial charge in [-0.05, 0) is 25.1 Å². The van der Waals surface area contributed by atoms with E-state index in [2.05, 4.69) is 20.6 Å². The highest BCUT2D eigenvalue weighted by atomic mass is 32.2. The van der Waals surface area contributed by atoms with Crippen LogP contribution in [0, 0.1) is 6.92 Å². The van der Waals surface area contributed by atoms with E-state index < -0.39 is 11.9 Å². The van der Waals surface area contributed by atoms with Gasteiger partial charge in [0.25, 0.3) is 0 Å². The molecule has 0 saturated heterocycles. The number of thioether (sulfide) groups is 1. The number of imide groups is 1. The Morgan fingerprint density at radius 3 is 2.72 bits per heavy atom. The van der Waals surface area contributed by atoms with Crippen molar-refractivity contribution >= 4 is 40.3 Å². The summed E-state index contributed by atoms with van der Waals surface area (Å²) in [5.41, 5.74) is 1.32. The molecule has 0 radical (unpaired) electrons. The SMILES string of the molecule is Cc1nc(SCC(=O)NC(=O)Nc2ccc3c(c2)OCCO3)c2ccccc2n1. The van der Waals surface area contributed by atoms with E-state index in [1.165, 1.54) is 11.8 Å². The van der Waals surface area contributed by atoms with Crippen molar-refractivity contribution in [1.82, 2.24) is 15.3 Å². The van der Waals surface area contributed by atoms with Crippen molar-refractivity contribution < 1.29 is 19.1 Å². The van der Waals surface area contributed by atoms with E-state index in [0.29, 0.717) is 41.3 Å². The summed E-state index contributed by atoms with van der Waals surface area (Å²) in [5.74, 6) is 1.44. The molecule has 0 aliphatic carbocycles. The Morgan fingerprint density at radius 2 is 1.86 bits per heavy atom. The molecule has 148 valence electrons. The number of fused-ring (bicyclic) bond motifs is 2. The highest BCUT2D eigenvalue weighted by Crippen LogP contribution is 2.32. The number of anilines is 1. The van der Waals surface area contributed by atoms with Gasteiger partial charge in [0.05, 0.1) is 11.3 Å². The van der Waals surface area contributed by atoms with Gasteiger partial charge in [-0.1, -0.05) is 30.0 Å². The number of hydrogen-bond acceptors (Lipinski definition) is 7. The van der Waals surface area contributed by atoms with Gasteiger partial charge < -0.3 is 14.8 Å². The highest BCUT2D eigenvalue weighted by Gasteiger charge is 2.15. The van der Waals surface area contributed by atoms with Crippen molar-refractivity contribution in [2.24, 2.45) is 0 Å². The van der Waals surface area contributed by atoms with Gasteiger partial charge in [-0.3, -0.25) is 10.1 Å². The van der Waals surface area contributed by atoms with Gasteiger partial charge in [-0.2, -0.15) is 0 Å². The first-order valence-corrected chi connectivity index (χ1v) is 9.94. The second kappa shape index (κ2) is 8.36. The van der Waals surface area contributed by atoms with E-state index >= 15 is 0 Å². The van der Waals surface area contributed by atoms with Crippen LogP contribution in [0.25, 0.3) is 10.9 Å². The van der Waals surface area contributed by atoms with Crippen LogP contribution in [0.1, 0.15) is 5.82 Å². The molecule has 29 heavy (non-hydrogen) atoms. The van der Waals surface area contributed by atoms with Gasteiger partial charge in [0.2, 0.25) is 5.91 Å². The average Bonchev–Trinajstić information content (AvgIpc) is 2.71. The van der Waals surface area contributed by atoms with E-state index in [4.69, 9.17) is 9.47 Å². The first-order valence-electron chi connectivity index (χ1n) is 8.95. The Kier molecular flexibility index (Phi) is 5.48. The number of para-hydroxylation sites is 1. The molecule has 0 fully saturated rings. The minimum Gasteiger partial charge on any atom is -0.486 e. The molecule has 0 unspecified atom stereocenters. The third-order valence-corrected chi connectivity index (χ3v) is 5.06. The number of urea groups is 1. The third-order valence-electron chi connectivity index (χ3n) is 4.07. The Balaban J connectivity index is 1.35. The van der Waals surface area contributed by atoms with Crippen LogP contribution >= 0.6 is 11.8 Å². The lowest BCUT2D eigenvalue weighted by Gasteiger charge is -2.19. The monoisotopic (exact) mass is 410 g/mol. The van der Waals surface area contributed by atoms with Gasteiger partial charge in [0.15, 0.2) is 11.5 Å². The van der Waals surface area contributed by atoms with Crippen LogP contribution in [0.15, 0.2) is 47.5 Å². The van der Waals surface area contributed by atoms with Gasteiger partial charge in [0.1, 0.15) is 24.1 Å². The first kappa shape index (κ1) is 19.0. The van der Waals surface area contributed by atoms with Gasteiger partial charge in [0, 0.05) is 17.1 Å². The van der Waals surface area contributed by atoms with Crippen LogP contribution < -0.4 is 20.1 Å². The second-order valence-electron chi connectivity index (χ2n) is 6.24. The molecule has 0 atom stereocenters. The minimum atomic E-state index is -0.615. The zero-order valence-corrected chi connectivity index (χ0v) is 16.4. The zero-order chi connectivity index (χ0) is 20.2. The molecule has 1 aliphatic heterocycles. The third kappa shape index (κ3) is 4.57. The summed E-state index contributed by atoms with van der Waals surface area (Å²) in [7, 11) is 0. The van der Waals surface area contributed by atoms with Crippen LogP contribution in [-0.2, 0) is 4.79 Å². The highest BCUT2D eigenvalue weighted by molar-refractivity contribution is 8.00. The average molecular weight is 410 g/mol. The molecule has 2 N–H and O–H groups in total. The van der Waals surface area contributed by atoms with Crippen LogP contribution in [0.4, 0.5) is 10.5 Å². The first-order chi connectivity index (χ1) is 14.1. The maximum Gasteiger partial charge on any atom is 0.325 e. The molecule has 9 heteroatoms. The van der Waals surface area contributed by atoms with E-state index in [0.717, 1.165) is 10.9 Å². The molecule has 0 spiro atoms. The van der Waals surface area contributed by atoms with Crippen molar-refractivity contribution in [3.05, 3.63) is 48.3 Å². The van der Waals surface area contributed by atoms with Crippen molar-refractivity contribution in [2.75, 3.05) is 24.3 Å². The molecule has 2 heterocycles. The predicted octanol–water partition coefficient (Wildman–Crippen LogP) is 3.15. The Morgan fingerprint density at radius 1 is 1.07 bits per heavy atom. The summed E-state index contributed by atoms with van der Waals surface area (Å²) >= 11 is 1.26. The number of carbonyl (C=O) groups excluding carboxylic acids is 2. The smallest absolute Gasteiger partial charge is 0.325 e. The van der Waals surface area contributed by atoms with Crippen molar-refractivity contribution in [1.29, 1.82) is 0 Å². The molecule has 3 aromatic rings. The maximum absolute atomic E-state index is 12.2. The normalized spacial score (nSPS) is 12.4. The second-order valence-corrected chi connectivity index (χ2v) is 7.21. The van der Waals surface area contributed by atoms with Gasteiger partial charge in [-0.25, -0.2) is 14.8 Å². The Bertz CT molecular complexity index is 1090. The summed E-state index contributed by atoms with van der Waals surface area (Å²) in [6, 6.07) is 12.0. The van der Waals surface area contributed by atoms with Gasteiger partial charge >= 0.3 is 6.03 Å². The standard InChI is InChI=1S/C20H18N4O4S/c1-12-21-15-5-3-2-4-14(15)19(22-12)29-11-18(25)24-20(26)23-13-6-7-16-17(10-13)28-9-8-27-16/h2-7,10H,8-9,11H2,1H3,(H2,23,24,25,26). The summed E-state index contributed by atoms with van der Waals surface area (Å²) in [6.45, 7) is 2.75. The number of benzene rings is 2. The Hall–Kier alpha value is -3.33. The van der Waals surface area contributed by atoms with Gasteiger partial charge in [-0.15, -0.1) is 0 Å². The molecule has 4 rings (SSSR count). The topological polar surface area (TPSA) is 102 Å². The van der Waals surface area contributed by atoms with E-state index in [9.17, 15) is 9.59 Å². The number of amides is 3. The van der Waals surface area contributed by atoms with E-state index in [1.54, 1.807) is 25.1 Å². The minimum absolute atomic E-state index is 0.0506. The molecule has 2 aromatic carbocycles. The van der Waals surface area contributed by atoms with Crippen molar-refractivity contribution in [2.45, 2.75) is 11.9 Å².